The Morgan fingerprint density at radius 2 is 1.84 bits per heavy atom. The van der Waals surface area contributed by atoms with E-state index in [0.717, 1.165) is 28.3 Å². The first-order valence-corrected chi connectivity index (χ1v) is 10.5. The number of fused-ring (bicyclic) bond motifs is 1. The molecule has 0 unspecified atom stereocenters. The van der Waals surface area contributed by atoms with Crippen molar-refractivity contribution in [2.24, 2.45) is 0 Å². The van der Waals surface area contributed by atoms with Crippen molar-refractivity contribution >= 4 is 5.91 Å². The van der Waals surface area contributed by atoms with Gasteiger partial charge >= 0.3 is 0 Å². The summed E-state index contributed by atoms with van der Waals surface area (Å²) >= 11 is 0. The highest BCUT2D eigenvalue weighted by atomic mass is 16.6. The van der Waals surface area contributed by atoms with Crippen molar-refractivity contribution in [1.82, 2.24) is 20.1 Å². The van der Waals surface area contributed by atoms with Crippen LogP contribution in [0.1, 0.15) is 15.9 Å². The van der Waals surface area contributed by atoms with Crippen molar-refractivity contribution < 1.29 is 14.3 Å². The van der Waals surface area contributed by atoms with Gasteiger partial charge in [-0.05, 0) is 48.4 Å². The highest BCUT2D eigenvalue weighted by Crippen LogP contribution is 2.30. The molecule has 1 aliphatic heterocycles. The van der Waals surface area contributed by atoms with Gasteiger partial charge in [-0.2, -0.15) is 5.10 Å². The Morgan fingerprint density at radius 3 is 2.66 bits per heavy atom. The van der Waals surface area contributed by atoms with Crippen LogP contribution in [0.4, 0.5) is 0 Å². The number of benzene rings is 2. The molecular weight excluding hydrogens is 404 g/mol. The Morgan fingerprint density at radius 1 is 1.00 bits per heavy atom. The molecular formula is C25H22N4O3. The summed E-state index contributed by atoms with van der Waals surface area (Å²) < 4.78 is 12.9. The summed E-state index contributed by atoms with van der Waals surface area (Å²) in [6.45, 7) is 1.61. The molecule has 3 heterocycles. The minimum atomic E-state index is -0.177. The van der Waals surface area contributed by atoms with E-state index in [2.05, 4.69) is 15.4 Å². The van der Waals surface area contributed by atoms with Gasteiger partial charge in [-0.3, -0.25) is 9.78 Å². The number of hydrogen-bond donors (Lipinski definition) is 1. The maximum absolute atomic E-state index is 13.1. The van der Waals surface area contributed by atoms with Gasteiger partial charge in [0, 0.05) is 30.7 Å². The summed E-state index contributed by atoms with van der Waals surface area (Å²) in [4.78, 5) is 17.3. The van der Waals surface area contributed by atoms with Crippen molar-refractivity contribution in [3.8, 4) is 28.4 Å². The number of carbonyl (C=O) groups excluding carboxylic acids is 1. The molecule has 2 aromatic heterocycles. The third-order valence-electron chi connectivity index (χ3n) is 5.22. The van der Waals surface area contributed by atoms with Crippen LogP contribution >= 0.6 is 0 Å². The van der Waals surface area contributed by atoms with E-state index in [1.54, 1.807) is 23.3 Å². The molecule has 2 aromatic carbocycles. The number of carbonyl (C=O) groups is 1. The van der Waals surface area contributed by atoms with Gasteiger partial charge in [0.2, 0.25) is 0 Å². The van der Waals surface area contributed by atoms with Crippen LogP contribution in [0.3, 0.4) is 0 Å². The second kappa shape index (κ2) is 8.93. The molecule has 5 rings (SSSR count). The maximum Gasteiger partial charge on any atom is 0.255 e. The summed E-state index contributed by atoms with van der Waals surface area (Å²) in [5, 5.41) is 7.69. The molecule has 0 aliphatic carbocycles. The zero-order valence-corrected chi connectivity index (χ0v) is 17.4. The van der Waals surface area contributed by atoms with Gasteiger partial charge in [-0.1, -0.05) is 24.3 Å². The molecule has 7 nitrogen and oxygen atoms in total. The average Bonchev–Trinajstić information content (AvgIpc) is 3.31. The number of rotatable bonds is 6. The monoisotopic (exact) mass is 426 g/mol. The molecule has 32 heavy (non-hydrogen) atoms. The largest absolute Gasteiger partial charge is 0.486 e. The Hall–Kier alpha value is -4.13. The quantitative estimate of drug-likeness (QED) is 0.509. The smallest absolute Gasteiger partial charge is 0.255 e. The number of amides is 1. The van der Waals surface area contributed by atoms with E-state index in [0.29, 0.717) is 37.4 Å². The second-order valence-corrected chi connectivity index (χ2v) is 7.40. The van der Waals surface area contributed by atoms with Gasteiger partial charge < -0.3 is 14.8 Å². The standard InChI is InChI=1S/C25H22N4O3/c30-25(27-12-10-18-8-9-22-23(15-18)32-14-13-31-22)21-17-29(20-6-2-1-3-7-20)28-24(21)19-5-4-11-26-16-19/h1-9,11,15-17H,10,12-14H2,(H,27,30). The summed E-state index contributed by atoms with van der Waals surface area (Å²) in [5.74, 6) is 1.34. The van der Waals surface area contributed by atoms with E-state index >= 15 is 0 Å². The molecule has 160 valence electrons. The number of nitrogens with zero attached hydrogens (tertiary/aromatic N) is 3. The highest BCUT2D eigenvalue weighted by molar-refractivity contribution is 5.99. The van der Waals surface area contributed by atoms with Crippen LogP contribution in [-0.2, 0) is 6.42 Å². The Kier molecular flexibility index (Phi) is 5.53. The first kappa shape index (κ1) is 19.8. The molecule has 0 atom stereocenters. The average molecular weight is 426 g/mol. The second-order valence-electron chi connectivity index (χ2n) is 7.40. The summed E-state index contributed by atoms with van der Waals surface area (Å²) in [5.41, 5.74) is 3.84. The van der Waals surface area contributed by atoms with E-state index in [9.17, 15) is 4.79 Å². The Balaban J connectivity index is 1.34. The summed E-state index contributed by atoms with van der Waals surface area (Å²) in [6, 6.07) is 19.3. The first-order valence-electron chi connectivity index (χ1n) is 10.5. The normalized spacial score (nSPS) is 12.4. The molecule has 0 saturated carbocycles. The first-order chi connectivity index (χ1) is 15.8. The predicted molar refractivity (Wildman–Crippen MR) is 120 cm³/mol. The van der Waals surface area contributed by atoms with Crippen LogP contribution < -0.4 is 14.8 Å². The molecule has 1 amide bonds. The zero-order chi connectivity index (χ0) is 21.8. The lowest BCUT2D eigenvalue weighted by atomic mass is 10.1. The van der Waals surface area contributed by atoms with E-state index in [4.69, 9.17) is 9.47 Å². The topological polar surface area (TPSA) is 78.3 Å². The lowest BCUT2D eigenvalue weighted by molar-refractivity contribution is 0.0954. The lowest BCUT2D eigenvalue weighted by Gasteiger charge is -2.18. The minimum absolute atomic E-state index is 0.177. The number of nitrogens with one attached hydrogen (secondary N) is 1. The van der Waals surface area contributed by atoms with Gasteiger partial charge in [0.15, 0.2) is 11.5 Å². The van der Waals surface area contributed by atoms with Crippen LogP contribution in [0.15, 0.2) is 79.3 Å². The Bertz CT molecular complexity index is 1220. The molecule has 0 bridgehead atoms. The van der Waals surface area contributed by atoms with Crippen LogP contribution in [0.5, 0.6) is 11.5 Å². The van der Waals surface area contributed by atoms with E-state index < -0.39 is 0 Å². The van der Waals surface area contributed by atoms with E-state index in [-0.39, 0.29) is 5.91 Å². The SMILES string of the molecule is O=C(NCCc1ccc2c(c1)OCCO2)c1cn(-c2ccccc2)nc1-c1cccnc1. The fraction of sp³-hybridized carbons (Fsp3) is 0.160. The number of para-hydroxylation sites is 1. The number of hydrogen-bond acceptors (Lipinski definition) is 5. The van der Waals surface area contributed by atoms with Gasteiger partial charge in [0.1, 0.15) is 18.9 Å². The van der Waals surface area contributed by atoms with E-state index in [1.807, 2.05) is 60.7 Å². The van der Waals surface area contributed by atoms with Crippen LogP contribution in [0.2, 0.25) is 0 Å². The number of ether oxygens (including phenoxy) is 2. The highest BCUT2D eigenvalue weighted by Gasteiger charge is 2.19. The zero-order valence-electron chi connectivity index (χ0n) is 17.4. The van der Waals surface area contributed by atoms with Crippen LogP contribution in [0, 0.1) is 0 Å². The number of pyridine rings is 1. The molecule has 7 heteroatoms. The molecule has 0 radical (unpaired) electrons. The fourth-order valence-electron chi connectivity index (χ4n) is 3.63. The van der Waals surface area contributed by atoms with Crippen molar-refractivity contribution in [3.63, 3.8) is 0 Å². The molecule has 0 fully saturated rings. The van der Waals surface area contributed by atoms with Gasteiger partial charge in [-0.15, -0.1) is 0 Å². The lowest BCUT2D eigenvalue weighted by Crippen LogP contribution is -2.26. The summed E-state index contributed by atoms with van der Waals surface area (Å²) in [7, 11) is 0. The predicted octanol–water partition coefficient (Wildman–Crippen LogP) is 3.68. The van der Waals surface area contributed by atoms with Crippen LogP contribution in [0.25, 0.3) is 16.9 Å². The third kappa shape index (κ3) is 4.18. The molecule has 1 aliphatic rings. The van der Waals surface area contributed by atoms with Crippen molar-refractivity contribution in [1.29, 1.82) is 0 Å². The van der Waals surface area contributed by atoms with E-state index in [1.165, 1.54) is 0 Å². The molecule has 4 aromatic rings. The maximum atomic E-state index is 13.1. The van der Waals surface area contributed by atoms with Crippen molar-refractivity contribution in [2.75, 3.05) is 19.8 Å². The van der Waals surface area contributed by atoms with Gasteiger partial charge in [0.25, 0.3) is 5.91 Å². The fourth-order valence-corrected chi connectivity index (χ4v) is 3.63. The van der Waals surface area contributed by atoms with Crippen molar-refractivity contribution in [3.05, 3.63) is 90.4 Å². The summed E-state index contributed by atoms with van der Waals surface area (Å²) in [6.07, 6.45) is 5.85. The van der Waals surface area contributed by atoms with Gasteiger partial charge in [-0.25, -0.2) is 4.68 Å². The third-order valence-corrected chi connectivity index (χ3v) is 5.22. The number of aromatic nitrogens is 3. The molecule has 0 spiro atoms. The minimum Gasteiger partial charge on any atom is -0.486 e. The molecule has 1 N–H and O–H groups in total. The van der Waals surface area contributed by atoms with Crippen LogP contribution in [-0.4, -0.2) is 40.4 Å². The Labute approximate surface area is 185 Å². The molecule has 0 saturated heterocycles. The van der Waals surface area contributed by atoms with Crippen molar-refractivity contribution in [2.45, 2.75) is 6.42 Å². The van der Waals surface area contributed by atoms with Gasteiger partial charge in [0.05, 0.1) is 11.3 Å².